The number of halogens is 1. The normalized spacial score (nSPS) is 17.6. The molecule has 2 aliphatic rings. The van der Waals surface area contributed by atoms with Gasteiger partial charge in [0.15, 0.2) is 5.69 Å². The van der Waals surface area contributed by atoms with E-state index in [1.165, 1.54) is 24.0 Å². The first-order chi connectivity index (χ1) is 14.6. The lowest BCUT2D eigenvalue weighted by atomic mass is 9.83. The third-order valence-corrected chi connectivity index (χ3v) is 6.12. The number of nitrogens with one attached hydrogen (secondary N) is 1. The number of amides is 1. The average molecular weight is 419 g/mol. The fourth-order valence-corrected chi connectivity index (χ4v) is 4.26. The molecule has 3 heterocycles. The number of carbonyl (C=O) groups is 1. The fourth-order valence-electron chi connectivity index (χ4n) is 4.08. The van der Waals surface area contributed by atoms with Crippen molar-refractivity contribution >= 4 is 23.2 Å². The Hall–Kier alpha value is -3.19. The predicted octanol–water partition coefficient (Wildman–Crippen LogP) is 3.53. The summed E-state index contributed by atoms with van der Waals surface area (Å²) in [5.41, 5.74) is 5.73. The molecule has 1 saturated carbocycles. The van der Waals surface area contributed by atoms with E-state index >= 15 is 0 Å². The van der Waals surface area contributed by atoms with Gasteiger partial charge in [-0.15, -0.1) is 5.10 Å². The van der Waals surface area contributed by atoms with Gasteiger partial charge < -0.3 is 9.72 Å². The van der Waals surface area contributed by atoms with E-state index < -0.39 is 0 Å². The van der Waals surface area contributed by atoms with Crippen molar-refractivity contribution in [2.75, 3.05) is 0 Å². The molecule has 8 heteroatoms. The van der Waals surface area contributed by atoms with Crippen molar-refractivity contribution in [3.05, 3.63) is 82.0 Å². The molecular formula is C22H19ClN6O. The van der Waals surface area contributed by atoms with Gasteiger partial charge in [0.1, 0.15) is 5.65 Å². The van der Waals surface area contributed by atoms with Crippen molar-refractivity contribution in [3.8, 4) is 0 Å². The lowest BCUT2D eigenvalue weighted by molar-refractivity contribution is 0.0926. The second kappa shape index (κ2) is 6.67. The molecule has 1 atom stereocenters. The zero-order chi connectivity index (χ0) is 20.2. The van der Waals surface area contributed by atoms with Gasteiger partial charge in [0.2, 0.25) is 0 Å². The summed E-state index contributed by atoms with van der Waals surface area (Å²) >= 11 is 6.06. The van der Waals surface area contributed by atoms with Crippen molar-refractivity contribution in [1.29, 1.82) is 0 Å². The van der Waals surface area contributed by atoms with Gasteiger partial charge in [0.05, 0.1) is 24.5 Å². The molecule has 3 aromatic heterocycles. The highest BCUT2D eigenvalue weighted by Crippen LogP contribution is 2.40. The van der Waals surface area contributed by atoms with Gasteiger partial charge in [-0.05, 0) is 60.1 Å². The summed E-state index contributed by atoms with van der Waals surface area (Å²) in [6.07, 6.45) is 9.18. The van der Waals surface area contributed by atoms with E-state index in [1.54, 1.807) is 10.9 Å². The molecule has 6 rings (SSSR count). The number of fused-ring (bicyclic) bond motifs is 2. The first-order valence-corrected chi connectivity index (χ1v) is 10.5. The summed E-state index contributed by atoms with van der Waals surface area (Å²) in [6.45, 7) is 0.461. The lowest BCUT2D eigenvalue weighted by Crippen LogP contribution is -2.35. The van der Waals surface area contributed by atoms with Crippen LogP contribution in [0.15, 0.2) is 48.9 Å². The number of imidazole rings is 1. The molecule has 0 aliphatic heterocycles. The Bertz CT molecular complexity index is 1290. The number of hydrogen-bond acceptors (Lipinski definition) is 4. The predicted molar refractivity (Wildman–Crippen MR) is 112 cm³/mol. The van der Waals surface area contributed by atoms with E-state index in [0.717, 1.165) is 23.3 Å². The molecular weight excluding hydrogens is 400 g/mol. The number of pyridine rings is 1. The molecule has 1 aromatic carbocycles. The molecule has 1 fully saturated rings. The number of hydrogen-bond donors (Lipinski definition) is 1. The van der Waals surface area contributed by atoms with Crippen LogP contribution in [0, 0.1) is 0 Å². The SMILES string of the molecule is O=C(NC1Cc2ccc(Cl)cc21)c1cn(Cc2cn3cc(C4CC4)ccc3n2)nn1. The van der Waals surface area contributed by atoms with Crippen molar-refractivity contribution < 1.29 is 4.79 Å². The first kappa shape index (κ1) is 17.7. The average Bonchev–Trinajstić information content (AvgIpc) is 3.34. The quantitative estimate of drug-likeness (QED) is 0.538. The first-order valence-electron chi connectivity index (χ1n) is 10.1. The molecule has 2 aliphatic carbocycles. The van der Waals surface area contributed by atoms with Crippen molar-refractivity contribution in [3.63, 3.8) is 0 Å². The van der Waals surface area contributed by atoms with Crippen LogP contribution in [0.1, 0.15) is 57.7 Å². The number of benzene rings is 1. The summed E-state index contributed by atoms with van der Waals surface area (Å²) in [5.74, 6) is 0.469. The number of aromatic nitrogens is 5. The summed E-state index contributed by atoms with van der Waals surface area (Å²) < 4.78 is 3.71. The molecule has 7 nitrogen and oxygen atoms in total. The number of nitrogens with zero attached hydrogens (tertiary/aromatic N) is 5. The maximum absolute atomic E-state index is 12.6. The number of rotatable bonds is 5. The van der Waals surface area contributed by atoms with Crippen LogP contribution in [0.4, 0.5) is 0 Å². The minimum atomic E-state index is -0.235. The summed E-state index contributed by atoms with van der Waals surface area (Å²) in [7, 11) is 0. The Labute approximate surface area is 177 Å². The monoisotopic (exact) mass is 418 g/mol. The van der Waals surface area contributed by atoms with E-state index in [-0.39, 0.29) is 11.9 Å². The van der Waals surface area contributed by atoms with Crippen LogP contribution in [-0.2, 0) is 13.0 Å². The molecule has 1 amide bonds. The highest BCUT2D eigenvalue weighted by molar-refractivity contribution is 6.30. The second-order valence-corrected chi connectivity index (χ2v) is 8.55. The summed E-state index contributed by atoms with van der Waals surface area (Å²) in [5, 5.41) is 11.8. The molecule has 4 aromatic rings. The third kappa shape index (κ3) is 3.15. The van der Waals surface area contributed by atoms with Gasteiger partial charge in [-0.2, -0.15) is 0 Å². The molecule has 0 bridgehead atoms. The van der Waals surface area contributed by atoms with Crippen molar-refractivity contribution in [1.82, 2.24) is 29.7 Å². The minimum absolute atomic E-state index is 0.0320. The van der Waals surface area contributed by atoms with Gasteiger partial charge in [0.25, 0.3) is 5.91 Å². The topological polar surface area (TPSA) is 77.1 Å². The molecule has 0 saturated heterocycles. The molecule has 0 radical (unpaired) electrons. The second-order valence-electron chi connectivity index (χ2n) is 8.11. The van der Waals surface area contributed by atoms with Gasteiger partial charge in [-0.1, -0.05) is 28.9 Å². The molecule has 1 N–H and O–H groups in total. The largest absolute Gasteiger partial charge is 0.343 e. The molecule has 1 unspecified atom stereocenters. The van der Waals surface area contributed by atoms with E-state index in [1.807, 2.05) is 24.4 Å². The maximum atomic E-state index is 12.6. The third-order valence-electron chi connectivity index (χ3n) is 5.88. The van der Waals surface area contributed by atoms with E-state index in [4.69, 9.17) is 11.6 Å². The standard InChI is InChI=1S/C22H19ClN6O/c23-16-5-3-14-7-19(18(14)8-16)25-22(30)20-12-29(27-26-20)11-17-10-28-9-15(13-1-2-13)4-6-21(28)24-17/h3-6,8-10,12-13,19H,1-2,7,11H2,(H,25,30). The van der Waals surface area contributed by atoms with Gasteiger partial charge in [-0.25, -0.2) is 9.67 Å². The smallest absolute Gasteiger partial charge is 0.273 e. The number of carbonyl (C=O) groups excluding carboxylic acids is 1. The Kier molecular flexibility index (Phi) is 3.92. The van der Waals surface area contributed by atoms with Crippen molar-refractivity contribution in [2.45, 2.75) is 37.8 Å². The Morgan fingerprint density at radius 1 is 1.17 bits per heavy atom. The van der Waals surface area contributed by atoms with Crippen LogP contribution in [0.5, 0.6) is 0 Å². The summed E-state index contributed by atoms with van der Waals surface area (Å²) in [4.78, 5) is 17.2. The van der Waals surface area contributed by atoms with Crippen LogP contribution in [-0.4, -0.2) is 30.3 Å². The van der Waals surface area contributed by atoms with Crippen LogP contribution in [0.25, 0.3) is 5.65 Å². The zero-order valence-electron chi connectivity index (χ0n) is 16.1. The zero-order valence-corrected chi connectivity index (χ0v) is 16.9. The van der Waals surface area contributed by atoms with Crippen molar-refractivity contribution in [2.24, 2.45) is 0 Å². The van der Waals surface area contributed by atoms with Crippen LogP contribution >= 0.6 is 11.6 Å². The Morgan fingerprint density at radius 2 is 2.07 bits per heavy atom. The highest BCUT2D eigenvalue weighted by Gasteiger charge is 2.28. The van der Waals surface area contributed by atoms with E-state index in [9.17, 15) is 4.79 Å². The lowest BCUT2D eigenvalue weighted by Gasteiger charge is -2.30. The highest BCUT2D eigenvalue weighted by atomic mass is 35.5. The van der Waals surface area contributed by atoms with E-state index in [2.05, 4.69) is 43.3 Å². The fraction of sp³-hybridized carbons (Fsp3) is 0.273. The van der Waals surface area contributed by atoms with Crippen LogP contribution in [0.2, 0.25) is 5.02 Å². The molecule has 150 valence electrons. The Balaban J connectivity index is 1.15. The Morgan fingerprint density at radius 3 is 2.93 bits per heavy atom. The van der Waals surface area contributed by atoms with E-state index in [0.29, 0.717) is 23.2 Å². The van der Waals surface area contributed by atoms with Gasteiger partial charge >= 0.3 is 0 Å². The van der Waals surface area contributed by atoms with Crippen LogP contribution in [0.3, 0.4) is 0 Å². The van der Waals surface area contributed by atoms with Gasteiger partial charge in [-0.3, -0.25) is 4.79 Å². The molecule has 30 heavy (non-hydrogen) atoms. The maximum Gasteiger partial charge on any atom is 0.273 e. The van der Waals surface area contributed by atoms with Crippen LogP contribution < -0.4 is 5.32 Å². The molecule has 0 spiro atoms. The summed E-state index contributed by atoms with van der Waals surface area (Å²) in [6, 6.07) is 9.96. The minimum Gasteiger partial charge on any atom is -0.343 e. The van der Waals surface area contributed by atoms with Gasteiger partial charge in [0, 0.05) is 17.4 Å².